The van der Waals surface area contributed by atoms with Crippen LogP contribution in [-0.4, -0.2) is 53.5 Å². The van der Waals surface area contributed by atoms with Gasteiger partial charge in [0.2, 0.25) is 0 Å². The molecular weight excluding hydrogens is 309 g/mol. The molecule has 0 radical (unpaired) electrons. The highest BCUT2D eigenvalue weighted by Crippen LogP contribution is 1.81. The van der Waals surface area contributed by atoms with Gasteiger partial charge in [-0.25, -0.2) is 0 Å². The van der Waals surface area contributed by atoms with E-state index in [1.807, 2.05) is 7.05 Å². The topological polar surface area (TPSA) is 54.9 Å². The second-order valence-electron chi connectivity index (χ2n) is 2.71. The Balaban J connectivity index is 0. The number of nitrogens with zero attached hydrogens (tertiary/aromatic N) is 1. The molecule has 0 amide bonds. The molecule has 0 fully saturated rings. The molecule has 5 nitrogen and oxygen atoms in total. The molecule has 92 valence electrons. The lowest BCUT2D eigenvalue weighted by atomic mass is 10.4. The van der Waals surface area contributed by atoms with Crippen molar-refractivity contribution < 1.29 is 9.47 Å². The average Bonchev–Trinajstić information content (AvgIpc) is 2.22. The van der Waals surface area contributed by atoms with Gasteiger partial charge in [-0.1, -0.05) is 0 Å². The van der Waals surface area contributed by atoms with Crippen molar-refractivity contribution in [2.75, 3.05) is 47.6 Å². The van der Waals surface area contributed by atoms with Gasteiger partial charge < -0.3 is 20.1 Å². The maximum Gasteiger partial charge on any atom is 0.190 e. The van der Waals surface area contributed by atoms with E-state index < -0.39 is 0 Å². The normalized spacial score (nSPS) is 10.7. The van der Waals surface area contributed by atoms with Crippen molar-refractivity contribution in [3.63, 3.8) is 0 Å². The molecule has 2 N–H and O–H groups in total. The first-order chi connectivity index (χ1) is 6.85. The zero-order valence-corrected chi connectivity index (χ0v) is 12.0. The largest absolute Gasteiger partial charge is 0.382 e. The quantitative estimate of drug-likeness (QED) is 0.308. The van der Waals surface area contributed by atoms with Crippen LogP contribution in [0.4, 0.5) is 0 Å². The molecule has 0 spiro atoms. The predicted molar refractivity (Wildman–Crippen MR) is 73.1 cm³/mol. The van der Waals surface area contributed by atoms with Crippen LogP contribution in [0.1, 0.15) is 6.42 Å². The summed E-state index contributed by atoms with van der Waals surface area (Å²) in [5, 5.41) is 6.08. The van der Waals surface area contributed by atoms with Gasteiger partial charge in [0.1, 0.15) is 0 Å². The number of hydrogen-bond acceptors (Lipinski definition) is 3. The van der Waals surface area contributed by atoms with Gasteiger partial charge in [-0.05, 0) is 6.42 Å². The van der Waals surface area contributed by atoms with Crippen molar-refractivity contribution in [3.05, 3.63) is 0 Å². The first-order valence-corrected chi connectivity index (χ1v) is 4.80. The number of halogens is 1. The van der Waals surface area contributed by atoms with Crippen molar-refractivity contribution >= 4 is 29.9 Å². The fourth-order valence-electron chi connectivity index (χ4n) is 0.905. The minimum absolute atomic E-state index is 0. The van der Waals surface area contributed by atoms with E-state index >= 15 is 0 Å². The number of guanidine groups is 1. The number of ether oxygens (including phenoxy) is 2. The molecule has 0 rings (SSSR count). The maximum atomic E-state index is 5.30. The average molecular weight is 331 g/mol. The molecule has 0 bridgehead atoms. The number of hydrogen-bond donors (Lipinski definition) is 2. The van der Waals surface area contributed by atoms with Crippen LogP contribution in [0.5, 0.6) is 0 Å². The highest BCUT2D eigenvalue weighted by molar-refractivity contribution is 14.0. The molecular formula is C9H22IN3O2. The van der Waals surface area contributed by atoms with E-state index in [0.29, 0.717) is 13.2 Å². The Labute approximate surface area is 109 Å². The van der Waals surface area contributed by atoms with Gasteiger partial charge in [0.25, 0.3) is 0 Å². The molecule has 0 aliphatic heterocycles. The number of nitrogens with one attached hydrogen (secondary N) is 2. The maximum absolute atomic E-state index is 5.30. The molecule has 0 saturated carbocycles. The van der Waals surface area contributed by atoms with Crippen molar-refractivity contribution in [1.29, 1.82) is 0 Å². The molecule has 6 heteroatoms. The zero-order chi connectivity index (χ0) is 10.6. The summed E-state index contributed by atoms with van der Waals surface area (Å²) in [5.74, 6) is 0.807. The van der Waals surface area contributed by atoms with E-state index in [2.05, 4.69) is 15.6 Å². The van der Waals surface area contributed by atoms with Gasteiger partial charge >= 0.3 is 0 Å². The fourth-order valence-corrected chi connectivity index (χ4v) is 0.905. The van der Waals surface area contributed by atoms with Crippen LogP contribution in [-0.2, 0) is 9.47 Å². The van der Waals surface area contributed by atoms with Gasteiger partial charge in [-0.2, -0.15) is 0 Å². The van der Waals surface area contributed by atoms with Crippen LogP contribution >= 0.6 is 24.0 Å². The summed E-state index contributed by atoms with van der Waals surface area (Å²) in [4.78, 5) is 3.99. The summed E-state index contributed by atoms with van der Waals surface area (Å²) in [5.41, 5.74) is 0. The number of rotatable bonds is 7. The Hall–Kier alpha value is -0.0800. The molecule has 0 aromatic rings. The standard InChI is InChI=1S/C9H21N3O2.HI/c1-10-9(11-2)12-5-4-6-14-8-7-13-3;/h4-8H2,1-3H3,(H2,10,11,12);1H. The summed E-state index contributed by atoms with van der Waals surface area (Å²) in [6.07, 6.45) is 0.963. The monoisotopic (exact) mass is 331 g/mol. The van der Waals surface area contributed by atoms with Crippen LogP contribution in [0.15, 0.2) is 4.99 Å². The van der Waals surface area contributed by atoms with E-state index in [9.17, 15) is 0 Å². The first kappa shape index (κ1) is 17.3. The third-order valence-corrected chi connectivity index (χ3v) is 1.65. The van der Waals surface area contributed by atoms with Gasteiger partial charge in [0, 0.05) is 34.4 Å². The Bertz CT molecular complexity index is 156. The molecule has 0 aliphatic carbocycles. The predicted octanol–water partition coefficient (Wildman–Crippen LogP) is 0.452. The fraction of sp³-hybridized carbons (Fsp3) is 0.889. The highest BCUT2D eigenvalue weighted by atomic mass is 127. The Morgan fingerprint density at radius 2 is 2.00 bits per heavy atom. The van der Waals surface area contributed by atoms with E-state index in [4.69, 9.17) is 9.47 Å². The minimum atomic E-state index is 0. The van der Waals surface area contributed by atoms with Gasteiger partial charge in [0.05, 0.1) is 13.2 Å². The molecule has 15 heavy (non-hydrogen) atoms. The molecule has 0 atom stereocenters. The Morgan fingerprint density at radius 1 is 1.27 bits per heavy atom. The van der Waals surface area contributed by atoms with Crippen molar-refractivity contribution in [3.8, 4) is 0 Å². The van der Waals surface area contributed by atoms with Crippen LogP contribution in [0.3, 0.4) is 0 Å². The molecule has 0 aliphatic rings. The third kappa shape index (κ3) is 11.8. The summed E-state index contributed by atoms with van der Waals surface area (Å²) in [6.45, 7) is 2.93. The van der Waals surface area contributed by atoms with E-state index in [1.165, 1.54) is 0 Å². The third-order valence-electron chi connectivity index (χ3n) is 1.65. The molecule has 0 saturated heterocycles. The lowest BCUT2D eigenvalue weighted by molar-refractivity contribution is 0.0698. The van der Waals surface area contributed by atoms with E-state index in [-0.39, 0.29) is 24.0 Å². The number of methoxy groups -OCH3 is 1. The smallest absolute Gasteiger partial charge is 0.190 e. The van der Waals surface area contributed by atoms with Crippen LogP contribution in [0.25, 0.3) is 0 Å². The molecule has 0 unspecified atom stereocenters. The SMILES string of the molecule is CN=C(NC)NCCCOCCOC.I. The Morgan fingerprint density at radius 3 is 2.53 bits per heavy atom. The summed E-state index contributed by atoms with van der Waals surface area (Å²) in [6, 6.07) is 0. The highest BCUT2D eigenvalue weighted by Gasteiger charge is 1.92. The van der Waals surface area contributed by atoms with Crippen molar-refractivity contribution in [1.82, 2.24) is 10.6 Å². The Kier molecular flexibility index (Phi) is 16.1. The second-order valence-corrected chi connectivity index (χ2v) is 2.71. The van der Waals surface area contributed by atoms with Crippen molar-refractivity contribution in [2.24, 2.45) is 4.99 Å². The van der Waals surface area contributed by atoms with E-state index in [0.717, 1.165) is 25.5 Å². The molecule has 0 heterocycles. The van der Waals surface area contributed by atoms with Crippen LogP contribution < -0.4 is 10.6 Å². The first-order valence-electron chi connectivity index (χ1n) is 4.80. The van der Waals surface area contributed by atoms with Crippen LogP contribution in [0, 0.1) is 0 Å². The number of aliphatic imine (C=N–C) groups is 1. The molecule has 0 aromatic heterocycles. The van der Waals surface area contributed by atoms with Crippen molar-refractivity contribution in [2.45, 2.75) is 6.42 Å². The lowest BCUT2D eigenvalue weighted by Gasteiger charge is -2.08. The van der Waals surface area contributed by atoms with Gasteiger partial charge in [0.15, 0.2) is 5.96 Å². The summed E-state index contributed by atoms with van der Waals surface area (Å²) < 4.78 is 10.1. The van der Waals surface area contributed by atoms with E-state index in [1.54, 1.807) is 14.2 Å². The van der Waals surface area contributed by atoms with Gasteiger partial charge in [-0.3, -0.25) is 4.99 Å². The molecule has 0 aromatic carbocycles. The van der Waals surface area contributed by atoms with Gasteiger partial charge in [-0.15, -0.1) is 24.0 Å². The second kappa shape index (κ2) is 13.9. The summed E-state index contributed by atoms with van der Waals surface area (Å²) >= 11 is 0. The van der Waals surface area contributed by atoms with Crippen LogP contribution in [0.2, 0.25) is 0 Å². The summed E-state index contributed by atoms with van der Waals surface area (Å²) in [7, 11) is 5.25. The zero-order valence-electron chi connectivity index (χ0n) is 9.71. The minimum Gasteiger partial charge on any atom is -0.382 e. The lowest BCUT2D eigenvalue weighted by Crippen LogP contribution is -2.35.